The van der Waals surface area contributed by atoms with Crippen molar-refractivity contribution in [2.75, 3.05) is 26.2 Å². The van der Waals surface area contributed by atoms with Crippen molar-refractivity contribution in [2.24, 2.45) is 23.2 Å². The molecule has 4 bridgehead atoms. The maximum Gasteiger partial charge on any atom is 0.246 e. The molecule has 124 valence electrons. The smallest absolute Gasteiger partial charge is 0.246 e. The Morgan fingerprint density at radius 2 is 1.64 bits per heavy atom. The Morgan fingerprint density at radius 1 is 1.05 bits per heavy atom. The monoisotopic (exact) mass is 306 g/mol. The van der Waals surface area contributed by atoms with Gasteiger partial charge in [0.15, 0.2) is 0 Å². The highest BCUT2D eigenvalue weighted by molar-refractivity contribution is 5.77. The molecule has 1 aliphatic heterocycles. The van der Waals surface area contributed by atoms with Crippen LogP contribution < -0.4 is 10.6 Å². The van der Waals surface area contributed by atoms with Gasteiger partial charge in [-0.2, -0.15) is 0 Å². The standard InChI is InChI=1S/C18H30N2O2/c21-17(11-22-16-1-3-19-4-2-16)20-12-18-8-13-5-14(9-18)7-15(6-13)10-18/h13-16,19H,1-12H2,(H,20,21). The zero-order valence-corrected chi connectivity index (χ0v) is 13.6. The second kappa shape index (κ2) is 6.12. The number of rotatable bonds is 5. The average Bonchev–Trinajstić information content (AvgIpc) is 2.51. The first-order chi connectivity index (χ1) is 10.7. The number of hydrogen-bond donors (Lipinski definition) is 2. The quantitative estimate of drug-likeness (QED) is 0.818. The molecule has 4 heteroatoms. The van der Waals surface area contributed by atoms with Crippen molar-refractivity contribution in [3.05, 3.63) is 0 Å². The number of amides is 1. The van der Waals surface area contributed by atoms with E-state index in [9.17, 15) is 4.79 Å². The summed E-state index contributed by atoms with van der Waals surface area (Å²) in [6.07, 6.45) is 10.8. The van der Waals surface area contributed by atoms with E-state index in [4.69, 9.17) is 4.74 Å². The van der Waals surface area contributed by atoms with Crippen LogP contribution in [0, 0.1) is 23.2 Å². The maximum atomic E-state index is 12.1. The number of hydrogen-bond acceptors (Lipinski definition) is 3. The molecule has 0 radical (unpaired) electrons. The van der Waals surface area contributed by atoms with Gasteiger partial charge in [0.05, 0.1) is 6.10 Å². The van der Waals surface area contributed by atoms with Crippen molar-refractivity contribution in [1.29, 1.82) is 0 Å². The summed E-state index contributed by atoms with van der Waals surface area (Å²) in [4.78, 5) is 12.1. The summed E-state index contributed by atoms with van der Waals surface area (Å²) >= 11 is 0. The topological polar surface area (TPSA) is 50.4 Å². The molecule has 0 aromatic rings. The van der Waals surface area contributed by atoms with Gasteiger partial charge in [0.2, 0.25) is 5.91 Å². The maximum absolute atomic E-state index is 12.1. The second-order valence-corrected chi connectivity index (χ2v) is 8.45. The lowest BCUT2D eigenvalue weighted by atomic mass is 9.49. The molecule has 4 saturated carbocycles. The Labute approximate surface area is 133 Å². The van der Waals surface area contributed by atoms with E-state index < -0.39 is 0 Å². The van der Waals surface area contributed by atoms with Crippen molar-refractivity contribution in [2.45, 2.75) is 57.5 Å². The van der Waals surface area contributed by atoms with Crippen LogP contribution in [0.25, 0.3) is 0 Å². The fourth-order valence-corrected chi connectivity index (χ4v) is 6.00. The van der Waals surface area contributed by atoms with Crippen LogP contribution in [0.3, 0.4) is 0 Å². The fourth-order valence-electron chi connectivity index (χ4n) is 6.00. The van der Waals surface area contributed by atoms with Gasteiger partial charge in [0.1, 0.15) is 6.61 Å². The van der Waals surface area contributed by atoms with E-state index in [1.165, 1.54) is 38.5 Å². The van der Waals surface area contributed by atoms with Crippen LogP contribution in [0.2, 0.25) is 0 Å². The molecule has 1 amide bonds. The number of carbonyl (C=O) groups excluding carboxylic acids is 1. The van der Waals surface area contributed by atoms with Crippen LogP contribution >= 0.6 is 0 Å². The Balaban J connectivity index is 1.23. The lowest BCUT2D eigenvalue weighted by Crippen LogP contribution is -2.51. The summed E-state index contributed by atoms with van der Waals surface area (Å²) in [6.45, 7) is 3.17. The van der Waals surface area contributed by atoms with E-state index in [-0.39, 0.29) is 18.6 Å². The highest BCUT2D eigenvalue weighted by atomic mass is 16.5. The van der Waals surface area contributed by atoms with Gasteiger partial charge in [0, 0.05) is 6.54 Å². The van der Waals surface area contributed by atoms with Crippen molar-refractivity contribution >= 4 is 5.91 Å². The summed E-state index contributed by atoms with van der Waals surface area (Å²) in [6, 6.07) is 0. The SMILES string of the molecule is O=C(COC1CCNCC1)NCC12CC3CC(CC(C3)C1)C2. The first-order valence-corrected chi connectivity index (χ1v) is 9.30. The van der Waals surface area contributed by atoms with E-state index in [1.807, 2.05) is 0 Å². The predicted molar refractivity (Wildman–Crippen MR) is 85.5 cm³/mol. The summed E-state index contributed by atoms with van der Waals surface area (Å²) in [5, 5.41) is 6.52. The van der Waals surface area contributed by atoms with Gasteiger partial charge in [-0.15, -0.1) is 0 Å². The number of piperidine rings is 1. The van der Waals surface area contributed by atoms with Gasteiger partial charge >= 0.3 is 0 Å². The van der Waals surface area contributed by atoms with Crippen LogP contribution in [0.15, 0.2) is 0 Å². The third-order valence-electron chi connectivity index (χ3n) is 6.56. The van der Waals surface area contributed by atoms with Gasteiger partial charge in [-0.05, 0) is 87.6 Å². The molecule has 22 heavy (non-hydrogen) atoms. The van der Waals surface area contributed by atoms with Crippen molar-refractivity contribution in [3.8, 4) is 0 Å². The Bertz CT molecular complexity index is 382. The minimum Gasteiger partial charge on any atom is -0.368 e. The van der Waals surface area contributed by atoms with Crippen LogP contribution in [-0.2, 0) is 9.53 Å². The van der Waals surface area contributed by atoms with Gasteiger partial charge in [0.25, 0.3) is 0 Å². The van der Waals surface area contributed by atoms with E-state index in [0.717, 1.165) is 50.2 Å². The third-order valence-corrected chi connectivity index (χ3v) is 6.56. The molecule has 5 rings (SSSR count). The van der Waals surface area contributed by atoms with Gasteiger partial charge in [-0.1, -0.05) is 0 Å². The van der Waals surface area contributed by atoms with Crippen LogP contribution in [0.4, 0.5) is 0 Å². The molecule has 0 aromatic carbocycles. The number of ether oxygens (including phenoxy) is 1. The van der Waals surface area contributed by atoms with Gasteiger partial charge < -0.3 is 15.4 Å². The summed E-state index contributed by atoms with van der Waals surface area (Å²) in [5.41, 5.74) is 0.430. The normalized spacial score (nSPS) is 40.8. The molecule has 0 aromatic heterocycles. The molecular formula is C18H30N2O2. The largest absolute Gasteiger partial charge is 0.368 e. The highest BCUT2D eigenvalue weighted by Gasteiger charge is 2.50. The molecule has 0 atom stereocenters. The van der Waals surface area contributed by atoms with Crippen molar-refractivity contribution < 1.29 is 9.53 Å². The van der Waals surface area contributed by atoms with Crippen LogP contribution in [0.1, 0.15) is 51.4 Å². The molecule has 5 aliphatic rings. The first-order valence-electron chi connectivity index (χ1n) is 9.30. The van der Waals surface area contributed by atoms with Crippen molar-refractivity contribution in [1.82, 2.24) is 10.6 Å². The lowest BCUT2D eigenvalue weighted by molar-refractivity contribution is -0.130. The lowest BCUT2D eigenvalue weighted by Gasteiger charge is -2.56. The fraction of sp³-hybridized carbons (Fsp3) is 0.944. The summed E-state index contributed by atoms with van der Waals surface area (Å²) in [7, 11) is 0. The number of nitrogens with one attached hydrogen (secondary N) is 2. The van der Waals surface area contributed by atoms with Gasteiger partial charge in [-0.3, -0.25) is 4.79 Å². The third kappa shape index (κ3) is 3.18. The molecular weight excluding hydrogens is 276 g/mol. The molecule has 4 aliphatic carbocycles. The van der Waals surface area contributed by atoms with Gasteiger partial charge in [-0.25, -0.2) is 0 Å². The van der Waals surface area contributed by atoms with E-state index in [0.29, 0.717) is 5.41 Å². The molecule has 2 N–H and O–H groups in total. The van der Waals surface area contributed by atoms with Crippen LogP contribution in [0.5, 0.6) is 0 Å². The average molecular weight is 306 g/mol. The minimum absolute atomic E-state index is 0.0919. The Morgan fingerprint density at radius 3 is 2.23 bits per heavy atom. The Kier molecular flexibility index (Phi) is 4.16. The molecule has 1 saturated heterocycles. The molecule has 0 unspecified atom stereocenters. The highest BCUT2D eigenvalue weighted by Crippen LogP contribution is 2.59. The van der Waals surface area contributed by atoms with E-state index in [2.05, 4.69) is 10.6 Å². The molecule has 0 spiro atoms. The Hall–Kier alpha value is -0.610. The zero-order valence-electron chi connectivity index (χ0n) is 13.6. The van der Waals surface area contributed by atoms with Crippen LogP contribution in [-0.4, -0.2) is 38.3 Å². The second-order valence-electron chi connectivity index (χ2n) is 8.45. The molecule has 4 nitrogen and oxygen atoms in total. The molecule has 5 fully saturated rings. The summed E-state index contributed by atoms with van der Waals surface area (Å²) < 4.78 is 5.76. The summed E-state index contributed by atoms with van der Waals surface area (Å²) in [5.74, 6) is 2.95. The first kappa shape index (κ1) is 14.9. The van der Waals surface area contributed by atoms with Crippen molar-refractivity contribution in [3.63, 3.8) is 0 Å². The molecule has 1 heterocycles. The van der Waals surface area contributed by atoms with E-state index >= 15 is 0 Å². The minimum atomic E-state index is 0.0919. The predicted octanol–water partition coefficient (Wildman–Crippen LogP) is 2.09. The van der Waals surface area contributed by atoms with E-state index in [1.54, 1.807) is 0 Å². The zero-order chi connectivity index (χ0) is 15.0. The number of carbonyl (C=O) groups is 1.